The minimum absolute atomic E-state index is 0.677. The number of rotatable bonds is 9. The lowest BCUT2D eigenvalue weighted by molar-refractivity contribution is 0.0708. The second kappa shape index (κ2) is 13.1. The van der Waals surface area contributed by atoms with Crippen molar-refractivity contribution in [3.8, 4) is 0 Å². The zero-order valence-corrected chi connectivity index (χ0v) is 12.5. The lowest BCUT2D eigenvalue weighted by Gasteiger charge is -2.28. The second-order valence-corrected chi connectivity index (χ2v) is 5.82. The van der Waals surface area contributed by atoms with Crippen LogP contribution in [0.5, 0.6) is 0 Å². The molecule has 0 bridgehead atoms. The summed E-state index contributed by atoms with van der Waals surface area (Å²) in [5.41, 5.74) is 4.50. The molecule has 2 N–H and O–H groups in total. The van der Waals surface area contributed by atoms with Gasteiger partial charge < -0.3 is 19.0 Å². The van der Waals surface area contributed by atoms with E-state index in [0.29, 0.717) is 19.8 Å². The summed E-state index contributed by atoms with van der Waals surface area (Å²) in [6, 6.07) is 0.943. The van der Waals surface area contributed by atoms with Gasteiger partial charge in [0.2, 0.25) is 0 Å². The molecular formula is C11H29NO3Si. The first-order chi connectivity index (χ1) is 7.74. The van der Waals surface area contributed by atoms with Crippen molar-refractivity contribution in [3.05, 3.63) is 0 Å². The SMILES string of the molecule is CCCC[Si](OCC)(OCC)OCC.CN. The lowest BCUT2D eigenvalue weighted by Crippen LogP contribution is -2.45. The van der Waals surface area contributed by atoms with Gasteiger partial charge in [-0.3, -0.25) is 0 Å². The molecule has 0 saturated carbocycles. The number of nitrogens with two attached hydrogens (primary N) is 1. The Bertz CT molecular complexity index is 119. The van der Waals surface area contributed by atoms with Crippen molar-refractivity contribution in [2.45, 2.75) is 46.6 Å². The van der Waals surface area contributed by atoms with Gasteiger partial charge in [-0.05, 0) is 34.2 Å². The Morgan fingerprint density at radius 1 is 0.812 bits per heavy atom. The zero-order valence-electron chi connectivity index (χ0n) is 11.5. The first-order valence-electron chi connectivity index (χ1n) is 6.24. The normalized spacial score (nSPS) is 10.9. The number of unbranched alkanes of at least 4 members (excludes halogenated alkanes) is 1. The van der Waals surface area contributed by atoms with E-state index in [1.807, 2.05) is 20.8 Å². The van der Waals surface area contributed by atoms with Gasteiger partial charge in [0.25, 0.3) is 0 Å². The molecule has 0 fully saturated rings. The summed E-state index contributed by atoms with van der Waals surface area (Å²) < 4.78 is 17.1. The summed E-state index contributed by atoms with van der Waals surface area (Å²) >= 11 is 0. The van der Waals surface area contributed by atoms with E-state index in [9.17, 15) is 0 Å². The predicted octanol–water partition coefficient (Wildman–Crippen LogP) is 2.41. The highest BCUT2D eigenvalue weighted by atomic mass is 28.4. The minimum atomic E-state index is -2.32. The molecule has 0 heterocycles. The highest BCUT2D eigenvalue weighted by molar-refractivity contribution is 6.60. The molecule has 0 rings (SSSR count). The van der Waals surface area contributed by atoms with Crippen LogP contribution in [0.3, 0.4) is 0 Å². The molecule has 0 radical (unpaired) electrons. The monoisotopic (exact) mass is 251 g/mol. The Kier molecular flexibility index (Phi) is 15.1. The minimum Gasteiger partial charge on any atom is -0.374 e. The van der Waals surface area contributed by atoms with Crippen LogP contribution in [0.1, 0.15) is 40.5 Å². The molecule has 5 heteroatoms. The van der Waals surface area contributed by atoms with Gasteiger partial charge in [0.1, 0.15) is 0 Å². The molecule has 0 unspecified atom stereocenters. The van der Waals surface area contributed by atoms with Crippen LogP contribution < -0.4 is 5.73 Å². The number of hydrogen-bond acceptors (Lipinski definition) is 4. The fourth-order valence-electron chi connectivity index (χ4n) is 1.39. The quantitative estimate of drug-likeness (QED) is 0.639. The molecule has 0 aliphatic heterocycles. The predicted molar refractivity (Wildman–Crippen MR) is 70.5 cm³/mol. The first kappa shape index (κ1) is 18.4. The van der Waals surface area contributed by atoms with Crippen LogP contribution in [0.2, 0.25) is 6.04 Å². The molecule has 0 aromatic carbocycles. The fraction of sp³-hybridized carbons (Fsp3) is 1.00. The summed E-state index contributed by atoms with van der Waals surface area (Å²) in [4.78, 5) is 0. The van der Waals surface area contributed by atoms with Gasteiger partial charge in [-0.25, -0.2) is 0 Å². The van der Waals surface area contributed by atoms with Crippen LogP contribution in [0.15, 0.2) is 0 Å². The Hall–Kier alpha value is 0.0569. The van der Waals surface area contributed by atoms with Crippen molar-refractivity contribution < 1.29 is 13.3 Å². The van der Waals surface area contributed by atoms with Crippen molar-refractivity contribution in [1.82, 2.24) is 0 Å². The highest BCUT2D eigenvalue weighted by Gasteiger charge is 2.39. The molecular weight excluding hydrogens is 222 g/mol. The van der Waals surface area contributed by atoms with Gasteiger partial charge in [0.05, 0.1) is 0 Å². The molecule has 0 aromatic rings. The van der Waals surface area contributed by atoms with Crippen molar-refractivity contribution in [3.63, 3.8) is 0 Å². The molecule has 0 amide bonds. The Morgan fingerprint density at radius 3 is 1.44 bits per heavy atom. The maximum atomic E-state index is 5.71. The standard InChI is InChI=1S/C10H24O3Si.CH5N/c1-5-9-10-14(11-6-2,12-7-3)13-8-4;1-2/h5-10H2,1-4H3;2H2,1H3. The summed E-state index contributed by atoms with van der Waals surface area (Å²) in [6.07, 6.45) is 2.27. The van der Waals surface area contributed by atoms with E-state index in [0.717, 1.165) is 18.9 Å². The molecule has 0 atom stereocenters. The summed E-state index contributed by atoms with van der Waals surface area (Å²) in [5.74, 6) is 0. The Labute approximate surface area is 102 Å². The lowest BCUT2D eigenvalue weighted by atomic mass is 10.4. The maximum Gasteiger partial charge on any atom is 0.500 e. The van der Waals surface area contributed by atoms with E-state index in [-0.39, 0.29) is 0 Å². The van der Waals surface area contributed by atoms with Crippen LogP contribution in [-0.2, 0) is 13.3 Å². The summed E-state index contributed by atoms with van der Waals surface area (Å²) in [5, 5.41) is 0. The van der Waals surface area contributed by atoms with Gasteiger partial charge in [-0.15, -0.1) is 0 Å². The first-order valence-corrected chi connectivity index (χ1v) is 8.17. The van der Waals surface area contributed by atoms with Gasteiger partial charge in [-0.1, -0.05) is 13.3 Å². The van der Waals surface area contributed by atoms with E-state index in [4.69, 9.17) is 13.3 Å². The topological polar surface area (TPSA) is 53.7 Å². The Balaban J connectivity index is 0. The van der Waals surface area contributed by atoms with E-state index in [1.165, 1.54) is 7.05 Å². The van der Waals surface area contributed by atoms with E-state index in [2.05, 4.69) is 12.7 Å². The molecule has 100 valence electrons. The van der Waals surface area contributed by atoms with Gasteiger partial charge in [0, 0.05) is 25.9 Å². The van der Waals surface area contributed by atoms with Crippen LogP contribution in [-0.4, -0.2) is 35.7 Å². The van der Waals surface area contributed by atoms with Gasteiger partial charge >= 0.3 is 8.80 Å². The summed E-state index contributed by atoms with van der Waals surface area (Å²) in [6.45, 7) is 10.2. The van der Waals surface area contributed by atoms with Gasteiger partial charge in [-0.2, -0.15) is 0 Å². The van der Waals surface area contributed by atoms with E-state index >= 15 is 0 Å². The molecule has 0 aromatic heterocycles. The summed E-state index contributed by atoms with van der Waals surface area (Å²) in [7, 11) is -0.816. The van der Waals surface area contributed by atoms with Crippen molar-refractivity contribution in [2.75, 3.05) is 26.9 Å². The van der Waals surface area contributed by atoms with Crippen molar-refractivity contribution in [2.24, 2.45) is 5.73 Å². The van der Waals surface area contributed by atoms with Crippen LogP contribution in [0, 0.1) is 0 Å². The average Bonchev–Trinajstić information content (AvgIpc) is 2.30. The third kappa shape index (κ3) is 8.24. The Morgan fingerprint density at radius 2 is 1.19 bits per heavy atom. The zero-order chi connectivity index (χ0) is 12.9. The number of hydrogen-bond donors (Lipinski definition) is 1. The highest BCUT2D eigenvalue weighted by Crippen LogP contribution is 2.18. The molecule has 0 spiro atoms. The average molecular weight is 251 g/mol. The smallest absolute Gasteiger partial charge is 0.374 e. The molecule has 16 heavy (non-hydrogen) atoms. The largest absolute Gasteiger partial charge is 0.500 e. The molecule has 4 nitrogen and oxygen atoms in total. The third-order valence-electron chi connectivity index (χ3n) is 1.93. The molecule has 0 aliphatic rings. The second-order valence-electron chi connectivity index (χ2n) is 3.09. The van der Waals surface area contributed by atoms with Gasteiger partial charge in [0.15, 0.2) is 0 Å². The van der Waals surface area contributed by atoms with Crippen LogP contribution in [0.25, 0.3) is 0 Å². The van der Waals surface area contributed by atoms with E-state index in [1.54, 1.807) is 0 Å². The van der Waals surface area contributed by atoms with Crippen LogP contribution >= 0.6 is 0 Å². The van der Waals surface area contributed by atoms with E-state index < -0.39 is 8.80 Å². The fourth-order valence-corrected chi connectivity index (χ4v) is 4.18. The van der Waals surface area contributed by atoms with Crippen LogP contribution in [0.4, 0.5) is 0 Å². The maximum absolute atomic E-state index is 5.71. The third-order valence-corrected chi connectivity index (χ3v) is 5.08. The molecule has 0 saturated heterocycles. The van der Waals surface area contributed by atoms with Crippen molar-refractivity contribution >= 4 is 8.80 Å². The molecule has 0 aliphatic carbocycles. The van der Waals surface area contributed by atoms with Crippen molar-refractivity contribution in [1.29, 1.82) is 0 Å².